The van der Waals surface area contributed by atoms with E-state index >= 15 is 0 Å². The highest BCUT2D eigenvalue weighted by atomic mass is 14.6. The Kier molecular flexibility index (Phi) is 4.33. The zero-order chi connectivity index (χ0) is 17.7. The largest absolute Gasteiger partial charge is 0.264 e. The van der Waals surface area contributed by atoms with Gasteiger partial charge >= 0.3 is 0 Å². The maximum atomic E-state index is 4.40. The van der Waals surface area contributed by atoms with Gasteiger partial charge in [-0.25, -0.2) is 0 Å². The summed E-state index contributed by atoms with van der Waals surface area (Å²) in [6.07, 6.45) is 16.3. The average Bonchev–Trinajstić information content (AvgIpc) is 3.00. The van der Waals surface area contributed by atoms with Gasteiger partial charge in [0.2, 0.25) is 0 Å². The minimum Gasteiger partial charge on any atom is -0.264 e. The normalized spacial score (nSPS) is 43.3. The number of hydrogen-bond donors (Lipinski definition) is 0. The second-order valence-electron chi connectivity index (χ2n) is 9.47. The number of fused-ring (bicyclic) bond motifs is 3. The minimum atomic E-state index is 0.373. The standard InChI is InChI=1S/C24H35N/c1-5-18-9-10-19-21-12-11-20(17-8-7-15-25-16-17)24(21,4)14-13-22(19)23(18,3)6-2/h7-8,11,15-16,18-19,21-22H,5-6,9-10,12-14H2,1-4H3/t18-,19+,21+,22+,23+,24-/m1/s1. The van der Waals surface area contributed by atoms with Gasteiger partial charge in [-0.3, -0.25) is 4.98 Å². The van der Waals surface area contributed by atoms with Gasteiger partial charge in [-0.05, 0) is 83.8 Å². The summed E-state index contributed by atoms with van der Waals surface area (Å²) in [4.78, 5) is 4.40. The summed E-state index contributed by atoms with van der Waals surface area (Å²) >= 11 is 0. The van der Waals surface area contributed by atoms with Crippen molar-refractivity contribution >= 4 is 5.57 Å². The van der Waals surface area contributed by atoms with E-state index in [1.807, 2.05) is 6.20 Å². The first kappa shape index (κ1) is 17.3. The molecule has 1 aromatic heterocycles. The Morgan fingerprint density at radius 1 is 1.12 bits per heavy atom. The van der Waals surface area contributed by atoms with Crippen LogP contribution in [-0.2, 0) is 0 Å². The van der Waals surface area contributed by atoms with E-state index in [4.69, 9.17) is 0 Å². The van der Waals surface area contributed by atoms with Crippen LogP contribution >= 0.6 is 0 Å². The van der Waals surface area contributed by atoms with Crippen LogP contribution in [0, 0.1) is 34.5 Å². The van der Waals surface area contributed by atoms with Crippen molar-refractivity contribution in [2.75, 3.05) is 0 Å². The summed E-state index contributed by atoms with van der Waals surface area (Å²) in [6.45, 7) is 10.1. The molecule has 0 bridgehead atoms. The molecule has 0 N–H and O–H groups in total. The fourth-order valence-electron chi connectivity index (χ4n) is 7.29. The first-order valence-electron chi connectivity index (χ1n) is 10.7. The molecule has 3 aliphatic carbocycles. The summed E-state index contributed by atoms with van der Waals surface area (Å²) in [5.74, 6) is 3.66. The van der Waals surface area contributed by atoms with Crippen molar-refractivity contribution < 1.29 is 0 Å². The first-order valence-corrected chi connectivity index (χ1v) is 10.7. The number of rotatable bonds is 3. The van der Waals surface area contributed by atoms with Gasteiger partial charge in [0.15, 0.2) is 0 Å². The van der Waals surface area contributed by atoms with E-state index in [-0.39, 0.29) is 0 Å². The fraction of sp³-hybridized carbons (Fsp3) is 0.708. The molecular formula is C24H35N. The van der Waals surface area contributed by atoms with Gasteiger partial charge in [-0.2, -0.15) is 0 Å². The highest BCUT2D eigenvalue weighted by Gasteiger charge is 2.56. The van der Waals surface area contributed by atoms with Crippen LogP contribution in [0.5, 0.6) is 0 Å². The van der Waals surface area contributed by atoms with Crippen molar-refractivity contribution in [2.24, 2.45) is 34.5 Å². The smallest absolute Gasteiger partial charge is 0.0343 e. The van der Waals surface area contributed by atoms with E-state index in [9.17, 15) is 0 Å². The summed E-state index contributed by atoms with van der Waals surface area (Å²) in [7, 11) is 0. The molecule has 1 aromatic rings. The molecule has 1 heteroatoms. The van der Waals surface area contributed by atoms with Crippen LogP contribution < -0.4 is 0 Å². The van der Waals surface area contributed by atoms with E-state index < -0.39 is 0 Å². The van der Waals surface area contributed by atoms with Crippen molar-refractivity contribution in [2.45, 2.75) is 72.6 Å². The third-order valence-corrected chi connectivity index (χ3v) is 8.87. The molecule has 0 aromatic carbocycles. The Labute approximate surface area is 154 Å². The summed E-state index contributed by atoms with van der Waals surface area (Å²) in [5.41, 5.74) is 3.90. The second kappa shape index (κ2) is 6.25. The lowest BCUT2D eigenvalue weighted by Crippen LogP contribution is -2.51. The van der Waals surface area contributed by atoms with Crippen LogP contribution in [0.15, 0.2) is 30.6 Å². The lowest BCUT2D eigenvalue weighted by Gasteiger charge is -2.59. The fourth-order valence-corrected chi connectivity index (χ4v) is 7.29. The van der Waals surface area contributed by atoms with E-state index in [1.54, 1.807) is 5.57 Å². The number of pyridine rings is 1. The zero-order valence-corrected chi connectivity index (χ0v) is 16.6. The molecule has 0 unspecified atom stereocenters. The maximum absolute atomic E-state index is 4.40. The molecule has 25 heavy (non-hydrogen) atoms. The first-order chi connectivity index (χ1) is 12.0. The van der Waals surface area contributed by atoms with E-state index in [2.05, 4.69) is 57.1 Å². The molecule has 0 amide bonds. The van der Waals surface area contributed by atoms with Gasteiger partial charge in [-0.15, -0.1) is 0 Å². The zero-order valence-electron chi connectivity index (χ0n) is 16.6. The van der Waals surface area contributed by atoms with Crippen LogP contribution in [0.4, 0.5) is 0 Å². The lowest BCUT2D eigenvalue weighted by atomic mass is 9.46. The molecule has 0 spiro atoms. The molecule has 2 fully saturated rings. The SMILES string of the molecule is CC[C@@H]1CC[C@@H]2[C@H](CC[C@]3(C)C(c4cccnc4)=CC[C@@H]23)[C@@]1(C)CC. The van der Waals surface area contributed by atoms with Crippen LogP contribution in [0.25, 0.3) is 5.57 Å². The van der Waals surface area contributed by atoms with Crippen molar-refractivity contribution in [3.05, 3.63) is 36.2 Å². The van der Waals surface area contributed by atoms with Crippen molar-refractivity contribution in [1.82, 2.24) is 4.98 Å². The third-order valence-electron chi connectivity index (χ3n) is 8.87. The van der Waals surface area contributed by atoms with Gasteiger partial charge in [0, 0.05) is 12.4 Å². The second-order valence-corrected chi connectivity index (χ2v) is 9.47. The topological polar surface area (TPSA) is 12.9 Å². The van der Waals surface area contributed by atoms with Gasteiger partial charge in [-0.1, -0.05) is 52.7 Å². The maximum Gasteiger partial charge on any atom is 0.0343 e. The Hall–Kier alpha value is -1.11. The van der Waals surface area contributed by atoms with Crippen LogP contribution in [0.3, 0.4) is 0 Å². The Morgan fingerprint density at radius 2 is 1.96 bits per heavy atom. The molecule has 2 saturated carbocycles. The summed E-state index contributed by atoms with van der Waals surface area (Å²) < 4.78 is 0. The molecule has 0 saturated heterocycles. The highest BCUT2D eigenvalue weighted by Crippen LogP contribution is 2.66. The predicted molar refractivity (Wildman–Crippen MR) is 106 cm³/mol. The molecule has 136 valence electrons. The van der Waals surface area contributed by atoms with E-state index in [0.717, 1.165) is 23.7 Å². The average molecular weight is 338 g/mol. The number of aromatic nitrogens is 1. The highest BCUT2D eigenvalue weighted by molar-refractivity contribution is 5.72. The van der Waals surface area contributed by atoms with Crippen LogP contribution in [0.1, 0.15) is 78.2 Å². The number of allylic oxidation sites excluding steroid dienone is 2. The molecule has 0 aliphatic heterocycles. The number of hydrogen-bond acceptors (Lipinski definition) is 1. The molecule has 4 rings (SSSR count). The quantitative estimate of drug-likeness (QED) is 0.594. The Balaban J connectivity index is 1.65. The van der Waals surface area contributed by atoms with Crippen LogP contribution in [0.2, 0.25) is 0 Å². The van der Waals surface area contributed by atoms with E-state index in [1.165, 1.54) is 50.5 Å². The Bertz CT molecular complexity index is 647. The third kappa shape index (κ3) is 2.45. The van der Waals surface area contributed by atoms with Gasteiger partial charge in [0.05, 0.1) is 0 Å². The van der Waals surface area contributed by atoms with Gasteiger partial charge in [0.25, 0.3) is 0 Å². The number of nitrogens with zero attached hydrogens (tertiary/aromatic N) is 1. The van der Waals surface area contributed by atoms with E-state index in [0.29, 0.717) is 10.8 Å². The van der Waals surface area contributed by atoms with Crippen molar-refractivity contribution in [1.29, 1.82) is 0 Å². The lowest BCUT2D eigenvalue weighted by molar-refractivity contribution is -0.0806. The molecule has 6 atom stereocenters. The Morgan fingerprint density at radius 3 is 2.64 bits per heavy atom. The summed E-state index contributed by atoms with van der Waals surface area (Å²) in [6, 6.07) is 4.36. The van der Waals surface area contributed by atoms with Crippen LogP contribution in [-0.4, -0.2) is 4.98 Å². The van der Waals surface area contributed by atoms with Gasteiger partial charge < -0.3 is 0 Å². The van der Waals surface area contributed by atoms with Gasteiger partial charge in [0.1, 0.15) is 0 Å². The molecule has 1 heterocycles. The van der Waals surface area contributed by atoms with Crippen molar-refractivity contribution in [3.63, 3.8) is 0 Å². The molecule has 3 aliphatic rings. The minimum absolute atomic E-state index is 0.373. The predicted octanol–water partition coefficient (Wildman–Crippen LogP) is 6.75. The van der Waals surface area contributed by atoms with Crippen molar-refractivity contribution in [3.8, 4) is 0 Å². The molecule has 0 radical (unpaired) electrons. The molecule has 1 nitrogen and oxygen atoms in total. The molecular weight excluding hydrogens is 302 g/mol. The summed E-state index contributed by atoms with van der Waals surface area (Å²) in [5, 5.41) is 0. The monoisotopic (exact) mass is 337 g/mol.